The van der Waals surface area contributed by atoms with E-state index in [1.54, 1.807) is 12.1 Å². The molecule has 0 aromatic carbocycles. The van der Waals surface area contributed by atoms with Crippen LogP contribution in [0.2, 0.25) is 5.15 Å². The number of nitrogens with two attached hydrogens (primary N) is 2. The van der Waals surface area contributed by atoms with Crippen LogP contribution < -0.4 is 16.2 Å². The van der Waals surface area contributed by atoms with Crippen molar-refractivity contribution in [1.82, 2.24) is 14.9 Å². The summed E-state index contributed by atoms with van der Waals surface area (Å²) in [5.41, 5.74) is 13.9. The van der Waals surface area contributed by atoms with E-state index < -0.39 is 5.41 Å². The van der Waals surface area contributed by atoms with Crippen LogP contribution in [-0.2, 0) is 16.6 Å². The maximum Gasteiger partial charge on any atom is 0.219 e. The summed E-state index contributed by atoms with van der Waals surface area (Å²) in [6.45, 7) is 4.95. The van der Waals surface area contributed by atoms with Crippen molar-refractivity contribution in [3.05, 3.63) is 51.3 Å². The Kier molecular flexibility index (Phi) is 7.01. The third-order valence-corrected chi connectivity index (χ3v) is 9.30. The Morgan fingerprint density at radius 3 is 2.81 bits per heavy atom. The maximum absolute atomic E-state index is 14.1. The molecule has 3 aliphatic rings. The second-order valence-corrected chi connectivity index (χ2v) is 11.6. The van der Waals surface area contributed by atoms with Gasteiger partial charge in [0.2, 0.25) is 5.88 Å². The van der Waals surface area contributed by atoms with Gasteiger partial charge in [-0.15, -0.1) is 11.3 Å². The first-order valence-corrected chi connectivity index (χ1v) is 13.9. The van der Waals surface area contributed by atoms with E-state index in [9.17, 15) is 10.1 Å². The van der Waals surface area contributed by atoms with Gasteiger partial charge in [-0.2, -0.15) is 10.2 Å². The van der Waals surface area contributed by atoms with Crippen molar-refractivity contribution in [3.63, 3.8) is 0 Å². The number of nitriles is 1. The fourth-order valence-electron chi connectivity index (χ4n) is 6.27. The molecule has 1 aliphatic heterocycles. The highest BCUT2D eigenvalue weighted by atomic mass is 35.5. The summed E-state index contributed by atoms with van der Waals surface area (Å²) in [7, 11) is 2.07. The minimum Gasteiger partial charge on any atom is -0.468 e. The number of anilines is 1. The Hall–Kier alpha value is -2.93. The molecule has 3 heterocycles. The smallest absolute Gasteiger partial charge is 0.219 e. The molecule has 1 saturated carbocycles. The van der Waals surface area contributed by atoms with Crippen molar-refractivity contribution in [3.8, 4) is 11.9 Å². The van der Waals surface area contributed by atoms with Crippen molar-refractivity contribution in [1.29, 1.82) is 5.26 Å². The van der Waals surface area contributed by atoms with Gasteiger partial charge in [0.15, 0.2) is 11.6 Å². The standard InChI is InChI=1S/C27H31ClN6O2S/c1-3-18(17-8-6-12-34(17)2)36-21-13-20(28)32-26(33-21)23(30)15-7-4-10-27(24(15)35)11-5-9-19-22(27)16(14-29)25(31)37-19/h3,13,17-18H,1,4-12,30-31H2,2H3/b23-15-/t17-,18-,27-/m0/s1. The second kappa shape index (κ2) is 10.1. The molecular weight excluding hydrogens is 508 g/mol. The van der Waals surface area contributed by atoms with E-state index in [2.05, 4.69) is 34.6 Å². The molecule has 0 unspecified atom stereocenters. The zero-order chi connectivity index (χ0) is 26.3. The van der Waals surface area contributed by atoms with E-state index in [1.807, 2.05) is 0 Å². The lowest BCUT2D eigenvalue weighted by Gasteiger charge is -2.40. The molecule has 194 valence electrons. The van der Waals surface area contributed by atoms with E-state index in [0.717, 1.165) is 49.1 Å². The van der Waals surface area contributed by atoms with Gasteiger partial charge in [-0.3, -0.25) is 9.69 Å². The second-order valence-electron chi connectivity index (χ2n) is 10.1. The number of thiophene rings is 1. The molecule has 2 aromatic heterocycles. The number of hydrogen-bond donors (Lipinski definition) is 2. The van der Waals surface area contributed by atoms with Crippen molar-refractivity contribution >= 4 is 39.4 Å². The first-order chi connectivity index (χ1) is 17.8. The van der Waals surface area contributed by atoms with E-state index in [1.165, 1.54) is 11.3 Å². The average molecular weight is 539 g/mol. The summed E-state index contributed by atoms with van der Waals surface area (Å²) in [4.78, 5) is 26.3. The number of likely N-dealkylation sites (N-methyl/N-ethyl adjacent to an activating group) is 1. The van der Waals surface area contributed by atoms with Crippen LogP contribution >= 0.6 is 22.9 Å². The number of allylic oxidation sites excluding steroid dienone is 1. The molecule has 2 fully saturated rings. The third-order valence-electron chi connectivity index (χ3n) is 8.03. The average Bonchev–Trinajstić information content (AvgIpc) is 3.46. The van der Waals surface area contributed by atoms with Gasteiger partial charge in [0.1, 0.15) is 22.3 Å². The number of carbonyl (C=O) groups is 1. The number of halogens is 1. The fraction of sp³-hybridized carbons (Fsp3) is 0.481. The summed E-state index contributed by atoms with van der Waals surface area (Å²) in [6, 6.07) is 4.00. The summed E-state index contributed by atoms with van der Waals surface area (Å²) in [5, 5.41) is 10.5. The molecule has 4 N–H and O–H groups in total. The molecule has 0 amide bonds. The molecule has 0 radical (unpaired) electrons. The Morgan fingerprint density at radius 2 is 2.14 bits per heavy atom. The van der Waals surface area contributed by atoms with Crippen molar-refractivity contribution in [2.75, 3.05) is 19.3 Å². The zero-order valence-corrected chi connectivity index (χ0v) is 22.5. The summed E-state index contributed by atoms with van der Waals surface area (Å²) >= 11 is 7.78. The van der Waals surface area contributed by atoms with Crippen molar-refractivity contribution in [2.45, 2.75) is 68.9 Å². The monoisotopic (exact) mass is 538 g/mol. The Bertz CT molecular complexity index is 1330. The van der Waals surface area contributed by atoms with Gasteiger partial charge < -0.3 is 16.2 Å². The number of nitrogens with zero attached hydrogens (tertiary/aromatic N) is 4. The number of fused-ring (bicyclic) bond motifs is 2. The zero-order valence-electron chi connectivity index (χ0n) is 20.9. The Labute approximate surface area is 226 Å². The van der Waals surface area contributed by atoms with Gasteiger partial charge in [0.25, 0.3) is 0 Å². The lowest BCUT2D eigenvalue weighted by atomic mass is 9.61. The lowest BCUT2D eigenvalue weighted by molar-refractivity contribution is -0.122. The minimum absolute atomic E-state index is 0.0610. The van der Waals surface area contributed by atoms with Crippen LogP contribution in [0.5, 0.6) is 5.88 Å². The number of likely N-dealkylation sites (tertiary alicyclic amines) is 1. The molecule has 5 rings (SSSR count). The summed E-state index contributed by atoms with van der Waals surface area (Å²) in [5.74, 6) is 0.403. The predicted octanol–water partition coefficient (Wildman–Crippen LogP) is 4.37. The SMILES string of the molecule is C=C[C@H](Oc1cc(Cl)nc(/C(N)=C2\CCC[C@@]3(CCCc4sc(N)c(C#N)c43)C2=O)n1)[C@@H]1CCCN1C. The Balaban J connectivity index is 1.51. The molecule has 3 atom stereocenters. The van der Waals surface area contributed by atoms with Gasteiger partial charge >= 0.3 is 0 Å². The molecule has 0 bridgehead atoms. The molecule has 1 spiro atoms. The van der Waals surface area contributed by atoms with Gasteiger partial charge in [0.05, 0.1) is 22.7 Å². The van der Waals surface area contributed by atoms with Gasteiger partial charge in [-0.25, -0.2) is 4.98 Å². The third kappa shape index (κ3) is 4.41. The van der Waals surface area contributed by atoms with Crippen LogP contribution in [0.15, 0.2) is 24.3 Å². The Morgan fingerprint density at radius 1 is 1.38 bits per heavy atom. The first-order valence-electron chi connectivity index (χ1n) is 12.7. The molecule has 10 heteroatoms. The topological polar surface area (TPSA) is 131 Å². The number of rotatable bonds is 5. The van der Waals surface area contributed by atoms with Gasteiger partial charge in [-0.05, 0) is 76.6 Å². The van der Waals surface area contributed by atoms with Crippen molar-refractivity contribution in [2.24, 2.45) is 5.73 Å². The largest absolute Gasteiger partial charge is 0.468 e. The molecule has 2 aliphatic carbocycles. The van der Waals surface area contributed by atoms with Crippen LogP contribution in [0.25, 0.3) is 5.70 Å². The number of ketones is 1. The normalized spacial score (nSPS) is 26.0. The fourth-order valence-corrected chi connectivity index (χ4v) is 7.60. The lowest BCUT2D eigenvalue weighted by Crippen LogP contribution is -2.43. The van der Waals surface area contributed by atoms with Crippen molar-refractivity contribution < 1.29 is 9.53 Å². The molecule has 1 saturated heterocycles. The highest BCUT2D eigenvalue weighted by molar-refractivity contribution is 7.16. The maximum atomic E-state index is 14.1. The molecular formula is C27H31ClN6O2S. The minimum atomic E-state index is -0.788. The molecule has 2 aromatic rings. The highest BCUT2D eigenvalue weighted by Crippen LogP contribution is 2.52. The van der Waals surface area contributed by atoms with Crippen LogP contribution in [-0.4, -0.2) is 46.4 Å². The van der Waals surface area contributed by atoms with E-state index in [0.29, 0.717) is 41.3 Å². The van der Waals surface area contributed by atoms with E-state index in [-0.39, 0.29) is 34.6 Å². The first kappa shape index (κ1) is 25.7. The number of hydrogen-bond acceptors (Lipinski definition) is 9. The number of ether oxygens (including phenoxy) is 1. The quantitative estimate of drug-likeness (QED) is 0.326. The van der Waals surface area contributed by atoms with Gasteiger partial charge in [-0.1, -0.05) is 18.2 Å². The highest BCUT2D eigenvalue weighted by Gasteiger charge is 2.49. The number of carbonyl (C=O) groups excluding carboxylic acids is 1. The number of aromatic nitrogens is 2. The number of Topliss-reactive ketones (excluding diaryl/α,β-unsaturated/α-hetero) is 1. The molecule has 37 heavy (non-hydrogen) atoms. The summed E-state index contributed by atoms with van der Waals surface area (Å²) < 4.78 is 6.19. The van der Waals surface area contributed by atoms with Gasteiger partial charge in [0, 0.05) is 16.5 Å². The number of nitrogen functional groups attached to an aromatic ring is 1. The van der Waals surface area contributed by atoms with Crippen LogP contribution in [0.1, 0.15) is 66.8 Å². The predicted molar refractivity (Wildman–Crippen MR) is 145 cm³/mol. The number of aryl methyl sites for hydroxylation is 1. The molecule has 8 nitrogen and oxygen atoms in total. The van der Waals surface area contributed by atoms with Crippen LogP contribution in [0.4, 0.5) is 5.00 Å². The van der Waals surface area contributed by atoms with E-state index >= 15 is 0 Å². The van der Waals surface area contributed by atoms with Crippen LogP contribution in [0.3, 0.4) is 0 Å². The van der Waals surface area contributed by atoms with E-state index in [4.69, 9.17) is 27.8 Å². The summed E-state index contributed by atoms with van der Waals surface area (Å²) in [6.07, 6.45) is 7.90. The van der Waals surface area contributed by atoms with Crippen LogP contribution in [0, 0.1) is 11.3 Å².